The monoisotopic (exact) mass is 281 g/mol. The normalized spacial score (nSPS) is 19.5. The molecule has 2 heteroatoms. The smallest absolute Gasteiger partial charge is 0.0700 e. The van der Waals surface area contributed by atoms with Gasteiger partial charge in [-0.05, 0) is 30.4 Å². The van der Waals surface area contributed by atoms with Gasteiger partial charge in [0.1, 0.15) is 0 Å². The van der Waals surface area contributed by atoms with Crippen molar-refractivity contribution in [3.8, 4) is 0 Å². The molecule has 0 radical (unpaired) electrons. The molecular formula is C19H23NO. The van der Waals surface area contributed by atoms with Crippen LogP contribution in [-0.4, -0.2) is 19.3 Å². The van der Waals surface area contributed by atoms with Crippen molar-refractivity contribution in [1.29, 1.82) is 0 Å². The minimum atomic E-state index is 0.345. The van der Waals surface area contributed by atoms with Gasteiger partial charge in [0.05, 0.1) is 6.10 Å². The van der Waals surface area contributed by atoms with Gasteiger partial charge in [0.15, 0.2) is 0 Å². The fraction of sp³-hybridized carbons (Fsp3) is 0.368. The minimum Gasteiger partial charge on any atom is -0.377 e. The second-order valence-electron chi connectivity index (χ2n) is 5.70. The molecular weight excluding hydrogens is 258 g/mol. The highest BCUT2D eigenvalue weighted by Crippen LogP contribution is 2.19. The van der Waals surface area contributed by atoms with E-state index in [2.05, 4.69) is 66.0 Å². The lowest BCUT2D eigenvalue weighted by Gasteiger charge is -2.21. The van der Waals surface area contributed by atoms with E-state index in [1.807, 2.05) is 0 Å². The summed E-state index contributed by atoms with van der Waals surface area (Å²) in [6.07, 6.45) is 3.77. The summed E-state index contributed by atoms with van der Waals surface area (Å²) in [4.78, 5) is 0. The first-order valence-corrected chi connectivity index (χ1v) is 7.85. The molecule has 1 aliphatic rings. The molecule has 1 heterocycles. The second kappa shape index (κ2) is 7.39. The van der Waals surface area contributed by atoms with Crippen LogP contribution >= 0.6 is 0 Å². The molecule has 0 aromatic heterocycles. The van der Waals surface area contributed by atoms with Gasteiger partial charge in [0.25, 0.3) is 0 Å². The Morgan fingerprint density at radius 1 is 1.00 bits per heavy atom. The molecule has 21 heavy (non-hydrogen) atoms. The van der Waals surface area contributed by atoms with Crippen molar-refractivity contribution in [2.45, 2.75) is 31.4 Å². The maximum atomic E-state index is 5.73. The summed E-state index contributed by atoms with van der Waals surface area (Å²) in [5.74, 6) is 0. The highest BCUT2D eigenvalue weighted by molar-refractivity contribution is 5.23. The van der Waals surface area contributed by atoms with Gasteiger partial charge in [0, 0.05) is 19.2 Å². The fourth-order valence-electron chi connectivity index (χ4n) is 2.92. The molecule has 0 saturated carbocycles. The molecule has 0 aliphatic carbocycles. The summed E-state index contributed by atoms with van der Waals surface area (Å²) >= 11 is 0. The summed E-state index contributed by atoms with van der Waals surface area (Å²) in [7, 11) is 0. The van der Waals surface area contributed by atoms with Crippen LogP contribution in [0.25, 0.3) is 0 Å². The summed E-state index contributed by atoms with van der Waals surface area (Å²) < 4.78 is 5.73. The highest BCUT2D eigenvalue weighted by atomic mass is 16.5. The largest absolute Gasteiger partial charge is 0.377 e. The first-order valence-electron chi connectivity index (χ1n) is 7.85. The van der Waals surface area contributed by atoms with Crippen molar-refractivity contribution < 1.29 is 4.74 Å². The van der Waals surface area contributed by atoms with Crippen LogP contribution in [0.4, 0.5) is 0 Å². The Balaban J connectivity index is 1.68. The first-order chi connectivity index (χ1) is 10.4. The molecule has 2 unspecified atom stereocenters. The van der Waals surface area contributed by atoms with Crippen molar-refractivity contribution in [3.63, 3.8) is 0 Å². The molecule has 110 valence electrons. The van der Waals surface area contributed by atoms with E-state index in [1.165, 1.54) is 24.0 Å². The third-order valence-electron chi connectivity index (χ3n) is 4.10. The number of hydrogen-bond donors (Lipinski definition) is 1. The lowest BCUT2D eigenvalue weighted by molar-refractivity contribution is 0.107. The Morgan fingerprint density at radius 2 is 1.71 bits per heavy atom. The average Bonchev–Trinajstić information content (AvgIpc) is 3.07. The Kier molecular flexibility index (Phi) is 5.03. The van der Waals surface area contributed by atoms with E-state index in [0.29, 0.717) is 12.1 Å². The number of nitrogens with one attached hydrogen (secondary N) is 1. The van der Waals surface area contributed by atoms with Gasteiger partial charge < -0.3 is 10.1 Å². The molecule has 2 aromatic rings. The summed E-state index contributed by atoms with van der Waals surface area (Å²) in [6, 6.07) is 21.7. The van der Waals surface area contributed by atoms with Crippen molar-refractivity contribution in [2.24, 2.45) is 0 Å². The fourth-order valence-corrected chi connectivity index (χ4v) is 2.92. The van der Waals surface area contributed by atoms with E-state index in [1.54, 1.807) is 0 Å². The number of benzene rings is 2. The van der Waals surface area contributed by atoms with Gasteiger partial charge in [-0.3, -0.25) is 0 Å². The van der Waals surface area contributed by atoms with E-state index in [-0.39, 0.29) is 0 Å². The van der Waals surface area contributed by atoms with E-state index in [4.69, 9.17) is 4.74 Å². The SMILES string of the molecule is c1ccc(CC(NCC2CCCO2)c2ccccc2)cc1. The maximum Gasteiger partial charge on any atom is 0.0700 e. The molecule has 2 nitrogen and oxygen atoms in total. The van der Waals surface area contributed by atoms with Crippen molar-refractivity contribution in [3.05, 3.63) is 71.8 Å². The zero-order valence-corrected chi connectivity index (χ0v) is 12.4. The topological polar surface area (TPSA) is 21.3 Å². The predicted octanol–water partition coefficient (Wildman–Crippen LogP) is 3.74. The Hall–Kier alpha value is -1.64. The van der Waals surface area contributed by atoms with Gasteiger partial charge in [-0.1, -0.05) is 60.7 Å². The van der Waals surface area contributed by atoms with Crippen LogP contribution in [0.3, 0.4) is 0 Å². The molecule has 2 atom stereocenters. The van der Waals surface area contributed by atoms with Crippen LogP contribution in [0, 0.1) is 0 Å². The van der Waals surface area contributed by atoms with Crippen molar-refractivity contribution >= 4 is 0 Å². The summed E-state index contributed by atoms with van der Waals surface area (Å²) in [6.45, 7) is 1.85. The molecule has 1 aliphatic heterocycles. The summed E-state index contributed by atoms with van der Waals surface area (Å²) in [5, 5.41) is 3.70. The number of rotatable bonds is 6. The lowest BCUT2D eigenvalue weighted by Crippen LogP contribution is -2.31. The molecule has 0 bridgehead atoms. The van der Waals surface area contributed by atoms with Gasteiger partial charge >= 0.3 is 0 Å². The van der Waals surface area contributed by atoms with Gasteiger partial charge in [-0.25, -0.2) is 0 Å². The lowest BCUT2D eigenvalue weighted by atomic mass is 9.98. The van der Waals surface area contributed by atoms with Crippen LogP contribution in [0.1, 0.15) is 30.0 Å². The molecule has 3 rings (SSSR count). The van der Waals surface area contributed by atoms with Crippen LogP contribution in [-0.2, 0) is 11.2 Å². The van der Waals surface area contributed by atoms with Crippen LogP contribution in [0.5, 0.6) is 0 Å². The van der Waals surface area contributed by atoms with E-state index in [0.717, 1.165) is 19.6 Å². The minimum absolute atomic E-state index is 0.345. The Bertz CT molecular complexity index is 520. The van der Waals surface area contributed by atoms with E-state index < -0.39 is 0 Å². The van der Waals surface area contributed by atoms with Gasteiger partial charge in [-0.2, -0.15) is 0 Å². The van der Waals surface area contributed by atoms with Crippen LogP contribution < -0.4 is 5.32 Å². The van der Waals surface area contributed by atoms with Crippen LogP contribution in [0.15, 0.2) is 60.7 Å². The Labute approximate surface area is 127 Å². The van der Waals surface area contributed by atoms with Crippen molar-refractivity contribution in [1.82, 2.24) is 5.32 Å². The molecule has 2 aromatic carbocycles. The maximum absolute atomic E-state index is 5.73. The third kappa shape index (κ3) is 4.16. The highest BCUT2D eigenvalue weighted by Gasteiger charge is 2.18. The van der Waals surface area contributed by atoms with Gasteiger partial charge in [-0.15, -0.1) is 0 Å². The quantitative estimate of drug-likeness (QED) is 0.871. The van der Waals surface area contributed by atoms with E-state index in [9.17, 15) is 0 Å². The molecule has 1 saturated heterocycles. The predicted molar refractivity (Wildman–Crippen MR) is 86.3 cm³/mol. The molecule has 1 fully saturated rings. The summed E-state index contributed by atoms with van der Waals surface area (Å²) in [5.41, 5.74) is 2.71. The molecule has 0 spiro atoms. The zero-order chi connectivity index (χ0) is 14.3. The Morgan fingerprint density at radius 3 is 2.38 bits per heavy atom. The second-order valence-corrected chi connectivity index (χ2v) is 5.70. The average molecular weight is 281 g/mol. The standard InChI is InChI=1S/C19H23NO/c1-3-8-16(9-4-1)14-19(17-10-5-2-6-11-17)20-15-18-12-7-13-21-18/h1-6,8-11,18-20H,7,12-15H2. The number of hydrogen-bond acceptors (Lipinski definition) is 2. The zero-order valence-electron chi connectivity index (χ0n) is 12.4. The van der Waals surface area contributed by atoms with Crippen LogP contribution in [0.2, 0.25) is 0 Å². The van der Waals surface area contributed by atoms with E-state index >= 15 is 0 Å². The third-order valence-corrected chi connectivity index (χ3v) is 4.10. The van der Waals surface area contributed by atoms with Crippen molar-refractivity contribution in [2.75, 3.05) is 13.2 Å². The first kappa shape index (κ1) is 14.3. The number of ether oxygens (including phenoxy) is 1. The molecule has 0 amide bonds. The van der Waals surface area contributed by atoms with Gasteiger partial charge in [0.2, 0.25) is 0 Å². The molecule has 1 N–H and O–H groups in total.